The van der Waals surface area contributed by atoms with Gasteiger partial charge in [0.05, 0.1) is 22.5 Å². The maximum Gasteiger partial charge on any atom is 0.305 e. The first-order valence-electron chi connectivity index (χ1n) is 6.34. The van der Waals surface area contributed by atoms with Crippen molar-refractivity contribution in [3.8, 4) is 0 Å². The van der Waals surface area contributed by atoms with Crippen LogP contribution in [0, 0.1) is 0 Å². The number of hydrogen-bond donors (Lipinski definition) is 2. The maximum absolute atomic E-state index is 12.3. The van der Waals surface area contributed by atoms with Crippen LogP contribution < -0.4 is 5.32 Å². The minimum atomic E-state index is -0.894. The summed E-state index contributed by atoms with van der Waals surface area (Å²) in [6.45, 7) is 0. The van der Waals surface area contributed by atoms with Crippen molar-refractivity contribution < 1.29 is 14.7 Å². The number of carbonyl (C=O) groups is 2. The standard InChI is InChI=1S/C14H16ClNO3S/c1-20-9-3-4-11(15)10(7-9)13(19)16-14(5-2-6-14)8-12(17)18/h3-4,7H,2,5-6,8H2,1H3,(H,16,19)(H,17,18). The highest BCUT2D eigenvalue weighted by Gasteiger charge is 2.40. The zero-order valence-corrected chi connectivity index (χ0v) is 12.7. The number of rotatable bonds is 5. The van der Waals surface area contributed by atoms with Crippen LogP contribution in [-0.4, -0.2) is 28.8 Å². The van der Waals surface area contributed by atoms with Gasteiger partial charge in [0.25, 0.3) is 5.91 Å². The van der Waals surface area contributed by atoms with Gasteiger partial charge in [-0.25, -0.2) is 0 Å². The molecule has 1 aromatic carbocycles. The van der Waals surface area contributed by atoms with E-state index in [0.29, 0.717) is 23.4 Å². The molecule has 0 heterocycles. The largest absolute Gasteiger partial charge is 0.481 e. The van der Waals surface area contributed by atoms with Gasteiger partial charge in [-0.2, -0.15) is 0 Å². The number of aliphatic carboxylic acids is 1. The average molecular weight is 314 g/mol. The van der Waals surface area contributed by atoms with E-state index < -0.39 is 11.5 Å². The fourth-order valence-electron chi connectivity index (χ4n) is 2.35. The molecule has 1 aliphatic rings. The minimum absolute atomic E-state index is 0.0431. The summed E-state index contributed by atoms with van der Waals surface area (Å²) in [7, 11) is 0. The van der Waals surface area contributed by atoms with Crippen molar-refractivity contribution in [1.29, 1.82) is 0 Å². The molecule has 1 fully saturated rings. The predicted octanol–water partition coefficient (Wildman–Crippen LogP) is 3.19. The highest BCUT2D eigenvalue weighted by molar-refractivity contribution is 7.98. The van der Waals surface area contributed by atoms with E-state index in [-0.39, 0.29) is 12.3 Å². The molecule has 0 bridgehead atoms. The van der Waals surface area contributed by atoms with Gasteiger partial charge in [-0.3, -0.25) is 9.59 Å². The Hall–Kier alpha value is -1.20. The maximum atomic E-state index is 12.3. The van der Waals surface area contributed by atoms with E-state index in [1.54, 1.807) is 12.1 Å². The van der Waals surface area contributed by atoms with Crippen LogP contribution in [0.25, 0.3) is 0 Å². The van der Waals surface area contributed by atoms with Crippen LogP contribution in [0.4, 0.5) is 0 Å². The van der Waals surface area contributed by atoms with Crippen molar-refractivity contribution in [3.63, 3.8) is 0 Å². The van der Waals surface area contributed by atoms with E-state index in [2.05, 4.69) is 5.32 Å². The third-order valence-corrected chi connectivity index (χ3v) is 4.65. The summed E-state index contributed by atoms with van der Waals surface area (Å²) in [5, 5.41) is 12.2. The third kappa shape index (κ3) is 3.27. The molecule has 1 amide bonds. The Morgan fingerprint density at radius 2 is 2.15 bits per heavy atom. The Balaban J connectivity index is 2.17. The molecule has 20 heavy (non-hydrogen) atoms. The van der Waals surface area contributed by atoms with Crippen molar-refractivity contribution in [1.82, 2.24) is 5.32 Å². The molecule has 0 aromatic heterocycles. The first-order chi connectivity index (χ1) is 9.46. The molecule has 4 nitrogen and oxygen atoms in total. The molecule has 0 unspecified atom stereocenters. The van der Waals surface area contributed by atoms with Gasteiger partial charge in [0, 0.05) is 4.90 Å². The topological polar surface area (TPSA) is 66.4 Å². The van der Waals surface area contributed by atoms with Crippen LogP contribution in [0.5, 0.6) is 0 Å². The van der Waals surface area contributed by atoms with E-state index >= 15 is 0 Å². The lowest BCUT2D eigenvalue weighted by atomic mass is 9.74. The van der Waals surface area contributed by atoms with Crippen molar-refractivity contribution in [3.05, 3.63) is 28.8 Å². The molecule has 2 N–H and O–H groups in total. The first-order valence-corrected chi connectivity index (χ1v) is 7.94. The molecular weight excluding hydrogens is 298 g/mol. The fourth-order valence-corrected chi connectivity index (χ4v) is 3.00. The normalized spacial score (nSPS) is 16.3. The first kappa shape index (κ1) is 15.2. The van der Waals surface area contributed by atoms with Gasteiger partial charge in [-0.05, 0) is 43.7 Å². The van der Waals surface area contributed by atoms with E-state index in [9.17, 15) is 9.59 Å². The molecule has 1 aliphatic carbocycles. The van der Waals surface area contributed by atoms with Crippen LogP contribution in [0.3, 0.4) is 0 Å². The van der Waals surface area contributed by atoms with Crippen LogP contribution in [-0.2, 0) is 4.79 Å². The van der Waals surface area contributed by atoms with Crippen LogP contribution in [0.2, 0.25) is 5.02 Å². The van der Waals surface area contributed by atoms with E-state index in [1.807, 2.05) is 12.3 Å². The smallest absolute Gasteiger partial charge is 0.305 e. The molecule has 0 radical (unpaired) electrons. The highest BCUT2D eigenvalue weighted by atomic mass is 35.5. The van der Waals surface area contributed by atoms with Crippen molar-refractivity contribution in [2.75, 3.05) is 6.26 Å². The quantitative estimate of drug-likeness (QED) is 0.819. The monoisotopic (exact) mass is 313 g/mol. The summed E-state index contributed by atoms with van der Waals surface area (Å²) in [6.07, 6.45) is 4.21. The Bertz CT molecular complexity index is 543. The van der Waals surface area contributed by atoms with E-state index in [1.165, 1.54) is 11.8 Å². The Morgan fingerprint density at radius 1 is 1.45 bits per heavy atom. The van der Waals surface area contributed by atoms with Crippen LogP contribution in [0.15, 0.2) is 23.1 Å². The fraction of sp³-hybridized carbons (Fsp3) is 0.429. The molecular formula is C14H16ClNO3S. The number of thioether (sulfide) groups is 1. The zero-order chi connectivity index (χ0) is 14.8. The highest BCUT2D eigenvalue weighted by Crippen LogP contribution is 2.35. The summed E-state index contributed by atoms with van der Waals surface area (Å²) in [6, 6.07) is 5.27. The molecule has 6 heteroatoms. The molecule has 1 aromatic rings. The number of carbonyl (C=O) groups excluding carboxylic acids is 1. The van der Waals surface area contributed by atoms with Gasteiger partial charge in [-0.1, -0.05) is 11.6 Å². The van der Waals surface area contributed by atoms with Gasteiger partial charge in [-0.15, -0.1) is 11.8 Å². The number of benzene rings is 1. The van der Waals surface area contributed by atoms with Crippen molar-refractivity contribution >= 4 is 35.2 Å². The van der Waals surface area contributed by atoms with Crippen molar-refractivity contribution in [2.45, 2.75) is 36.1 Å². The number of halogens is 1. The SMILES string of the molecule is CSc1ccc(Cl)c(C(=O)NC2(CC(=O)O)CCC2)c1. The Labute approximate surface area is 126 Å². The Kier molecular flexibility index (Phi) is 4.60. The number of carboxylic acid groups (broad SMARTS) is 1. The summed E-state index contributed by atoms with van der Waals surface area (Å²) < 4.78 is 0. The summed E-state index contributed by atoms with van der Waals surface area (Å²) in [5.74, 6) is -1.19. The summed E-state index contributed by atoms with van der Waals surface area (Å²) in [4.78, 5) is 24.2. The number of nitrogens with one attached hydrogen (secondary N) is 1. The van der Waals surface area contributed by atoms with Crippen LogP contribution in [0.1, 0.15) is 36.0 Å². The number of carboxylic acids is 1. The Morgan fingerprint density at radius 3 is 2.65 bits per heavy atom. The zero-order valence-electron chi connectivity index (χ0n) is 11.1. The van der Waals surface area contributed by atoms with Crippen molar-refractivity contribution in [2.24, 2.45) is 0 Å². The van der Waals surface area contributed by atoms with Gasteiger partial charge < -0.3 is 10.4 Å². The number of amides is 1. The summed E-state index contributed by atoms with van der Waals surface area (Å²) in [5.41, 5.74) is -0.211. The minimum Gasteiger partial charge on any atom is -0.481 e. The second-order valence-corrected chi connectivity index (χ2v) is 6.29. The molecule has 1 saturated carbocycles. The second kappa shape index (κ2) is 6.06. The van der Waals surface area contributed by atoms with Crippen LogP contribution >= 0.6 is 23.4 Å². The molecule has 0 aliphatic heterocycles. The van der Waals surface area contributed by atoms with Gasteiger partial charge >= 0.3 is 5.97 Å². The number of hydrogen-bond acceptors (Lipinski definition) is 3. The lowest BCUT2D eigenvalue weighted by molar-refractivity contribution is -0.139. The lowest BCUT2D eigenvalue weighted by Gasteiger charge is -2.41. The molecule has 0 atom stereocenters. The van der Waals surface area contributed by atoms with E-state index in [4.69, 9.17) is 16.7 Å². The molecule has 0 saturated heterocycles. The molecule has 2 rings (SSSR count). The van der Waals surface area contributed by atoms with Gasteiger partial charge in [0.2, 0.25) is 0 Å². The molecule has 108 valence electrons. The third-order valence-electron chi connectivity index (χ3n) is 3.60. The van der Waals surface area contributed by atoms with Gasteiger partial charge in [0.1, 0.15) is 0 Å². The molecule has 0 spiro atoms. The second-order valence-electron chi connectivity index (χ2n) is 5.00. The van der Waals surface area contributed by atoms with E-state index in [0.717, 1.165) is 11.3 Å². The average Bonchev–Trinajstić information content (AvgIpc) is 2.36. The lowest BCUT2D eigenvalue weighted by Crippen LogP contribution is -2.54. The predicted molar refractivity (Wildman–Crippen MR) is 79.5 cm³/mol. The summed E-state index contributed by atoms with van der Waals surface area (Å²) >= 11 is 7.58. The van der Waals surface area contributed by atoms with Gasteiger partial charge in [0.15, 0.2) is 0 Å².